The SMILES string of the molecule is CN(C)c1cc(N[C@H]2CC[C@@H](CNC(=O)c3ccc(F)c(F)c3)CC2)nc2ccccc12.Cl. The van der Waals surface area contributed by atoms with Gasteiger partial charge in [0.25, 0.3) is 5.91 Å². The lowest BCUT2D eigenvalue weighted by molar-refractivity contribution is 0.0942. The Kier molecular flexibility index (Phi) is 8.08. The molecule has 2 aromatic carbocycles. The second-order valence-corrected chi connectivity index (χ2v) is 8.64. The van der Waals surface area contributed by atoms with Crippen LogP contribution in [0.25, 0.3) is 10.9 Å². The summed E-state index contributed by atoms with van der Waals surface area (Å²) in [7, 11) is 4.07. The molecule has 5 nitrogen and oxygen atoms in total. The predicted octanol–water partition coefficient (Wildman–Crippen LogP) is 5.40. The van der Waals surface area contributed by atoms with E-state index in [-0.39, 0.29) is 23.9 Å². The number of carbonyl (C=O) groups excluding carboxylic acids is 1. The summed E-state index contributed by atoms with van der Waals surface area (Å²) in [5.74, 6) is -1.10. The average Bonchev–Trinajstić information content (AvgIpc) is 2.79. The summed E-state index contributed by atoms with van der Waals surface area (Å²) >= 11 is 0. The van der Waals surface area contributed by atoms with Crippen molar-refractivity contribution in [2.24, 2.45) is 5.92 Å². The number of pyridine rings is 1. The van der Waals surface area contributed by atoms with E-state index in [4.69, 9.17) is 4.98 Å². The van der Waals surface area contributed by atoms with Crippen LogP contribution < -0.4 is 15.5 Å². The Morgan fingerprint density at radius 2 is 1.76 bits per heavy atom. The molecular formula is C25H29ClF2N4O. The van der Waals surface area contributed by atoms with Gasteiger partial charge < -0.3 is 15.5 Å². The van der Waals surface area contributed by atoms with Gasteiger partial charge in [-0.1, -0.05) is 18.2 Å². The van der Waals surface area contributed by atoms with E-state index in [1.54, 1.807) is 0 Å². The number of para-hydroxylation sites is 1. The van der Waals surface area contributed by atoms with Crippen molar-refractivity contribution in [3.63, 3.8) is 0 Å². The Bertz CT molecular complexity index is 1120. The normalized spacial score (nSPS) is 17.8. The van der Waals surface area contributed by atoms with E-state index < -0.39 is 11.6 Å². The third-order valence-corrected chi connectivity index (χ3v) is 6.11. The lowest BCUT2D eigenvalue weighted by Crippen LogP contribution is -2.34. The average molecular weight is 475 g/mol. The minimum Gasteiger partial charge on any atom is -0.377 e. The minimum absolute atomic E-state index is 0. The topological polar surface area (TPSA) is 57.3 Å². The molecule has 1 amide bonds. The van der Waals surface area contributed by atoms with E-state index >= 15 is 0 Å². The maximum absolute atomic E-state index is 13.3. The van der Waals surface area contributed by atoms with Gasteiger partial charge in [0.15, 0.2) is 11.6 Å². The number of carbonyl (C=O) groups is 1. The summed E-state index contributed by atoms with van der Waals surface area (Å²) in [5, 5.41) is 7.57. The number of aromatic nitrogens is 1. The van der Waals surface area contributed by atoms with Gasteiger partial charge in [0.05, 0.1) is 5.52 Å². The molecule has 0 atom stereocenters. The van der Waals surface area contributed by atoms with E-state index in [0.29, 0.717) is 18.5 Å². The first kappa shape index (κ1) is 24.7. The van der Waals surface area contributed by atoms with Crippen molar-refractivity contribution in [1.82, 2.24) is 10.3 Å². The molecule has 8 heteroatoms. The highest BCUT2D eigenvalue weighted by Gasteiger charge is 2.22. The van der Waals surface area contributed by atoms with Gasteiger partial charge in [0.2, 0.25) is 0 Å². The molecule has 0 aliphatic heterocycles. The zero-order valence-electron chi connectivity index (χ0n) is 18.8. The number of rotatable bonds is 6. The summed E-state index contributed by atoms with van der Waals surface area (Å²) in [6.45, 7) is 0.531. The lowest BCUT2D eigenvalue weighted by Gasteiger charge is -2.30. The first-order chi connectivity index (χ1) is 15.4. The molecule has 1 saturated carbocycles. The summed E-state index contributed by atoms with van der Waals surface area (Å²) in [4.78, 5) is 19.1. The van der Waals surface area contributed by atoms with Crippen molar-refractivity contribution in [3.05, 3.63) is 65.7 Å². The molecule has 3 aromatic rings. The summed E-state index contributed by atoms with van der Waals surface area (Å²) in [5.41, 5.74) is 2.24. The molecule has 176 valence electrons. The number of hydrogen-bond donors (Lipinski definition) is 2. The van der Waals surface area contributed by atoms with Crippen LogP contribution in [0.3, 0.4) is 0 Å². The van der Waals surface area contributed by atoms with Gasteiger partial charge in [0, 0.05) is 49.4 Å². The molecule has 0 saturated heterocycles. The Labute approximate surface area is 199 Å². The molecule has 1 heterocycles. The number of halogens is 3. The molecule has 0 unspecified atom stereocenters. The van der Waals surface area contributed by atoms with Crippen LogP contribution in [-0.2, 0) is 0 Å². The third-order valence-electron chi connectivity index (χ3n) is 6.11. The maximum Gasteiger partial charge on any atom is 0.251 e. The summed E-state index contributed by atoms with van der Waals surface area (Å²) in [6, 6.07) is 13.8. The maximum atomic E-state index is 13.3. The van der Waals surface area contributed by atoms with Crippen molar-refractivity contribution in [2.75, 3.05) is 30.9 Å². The van der Waals surface area contributed by atoms with Gasteiger partial charge in [-0.05, 0) is 55.9 Å². The lowest BCUT2D eigenvalue weighted by atomic mass is 9.86. The first-order valence-corrected chi connectivity index (χ1v) is 11.0. The largest absolute Gasteiger partial charge is 0.377 e. The highest BCUT2D eigenvalue weighted by atomic mass is 35.5. The predicted molar refractivity (Wildman–Crippen MR) is 131 cm³/mol. The van der Waals surface area contributed by atoms with Crippen LogP contribution in [0.5, 0.6) is 0 Å². The molecule has 33 heavy (non-hydrogen) atoms. The molecule has 1 aliphatic carbocycles. The number of anilines is 2. The summed E-state index contributed by atoms with van der Waals surface area (Å²) in [6.07, 6.45) is 3.92. The number of nitrogens with zero attached hydrogens (tertiary/aromatic N) is 2. The molecular weight excluding hydrogens is 446 g/mol. The van der Waals surface area contributed by atoms with Gasteiger partial charge in [-0.25, -0.2) is 13.8 Å². The molecule has 1 fully saturated rings. The summed E-state index contributed by atoms with van der Waals surface area (Å²) < 4.78 is 26.4. The second kappa shape index (κ2) is 10.8. The zero-order chi connectivity index (χ0) is 22.7. The number of benzene rings is 2. The van der Waals surface area contributed by atoms with Gasteiger partial charge in [-0.2, -0.15) is 0 Å². The number of fused-ring (bicyclic) bond motifs is 1. The van der Waals surface area contributed by atoms with E-state index in [0.717, 1.165) is 60.2 Å². The molecule has 2 N–H and O–H groups in total. The molecule has 1 aliphatic rings. The molecule has 4 rings (SSSR count). The van der Waals surface area contributed by atoms with Crippen LogP contribution in [0, 0.1) is 17.6 Å². The Morgan fingerprint density at radius 1 is 1.03 bits per heavy atom. The quantitative estimate of drug-likeness (QED) is 0.502. The molecule has 1 aromatic heterocycles. The highest BCUT2D eigenvalue weighted by molar-refractivity contribution is 5.94. The Morgan fingerprint density at radius 3 is 2.45 bits per heavy atom. The van der Waals surface area contributed by atoms with Crippen LogP contribution in [-0.4, -0.2) is 37.6 Å². The smallest absolute Gasteiger partial charge is 0.251 e. The van der Waals surface area contributed by atoms with E-state index in [9.17, 15) is 13.6 Å². The molecule has 0 spiro atoms. The third kappa shape index (κ3) is 5.90. The van der Waals surface area contributed by atoms with Gasteiger partial charge in [0.1, 0.15) is 5.82 Å². The van der Waals surface area contributed by atoms with Crippen molar-refractivity contribution < 1.29 is 13.6 Å². The number of nitrogens with one attached hydrogen (secondary N) is 2. The van der Waals surface area contributed by atoms with Crippen LogP contribution in [0.4, 0.5) is 20.3 Å². The van der Waals surface area contributed by atoms with Crippen molar-refractivity contribution in [2.45, 2.75) is 31.7 Å². The second-order valence-electron chi connectivity index (χ2n) is 8.64. The molecule has 0 bridgehead atoms. The zero-order valence-corrected chi connectivity index (χ0v) is 19.6. The van der Waals surface area contributed by atoms with Gasteiger partial charge in [-0.3, -0.25) is 4.79 Å². The van der Waals surface area contributed by atoms with Crippen molar-refractivity contribution in [3.8, 4) is 0 Å². The van der Waals surface area contributed by atoms with Crippen LogP contribution in [0.1, 0.15) is 36.0 Å². The van der Waals surface area contributed by atoms with Gasteiger partial charge in [-0.15, -0.1) is 12.4 Å². The van der Waals surface area contributed by atoms with E-state index in [2.05, 4.69) is 27.7 Å². The van der Waals surface area contributed by atoms with Gasteiger partial charge >= 0.3 is 0 Å². The minimum atomic E-state index is -1.01. The Hall–Kier alpha value is -2.93. The van der Waals surface area contributed by atoms with Crippen LogP contribution in [0.15, 0.2) is 48.5 Å². The number of amides is 1. The fraction of sp³-hybridized carbons (Fsp3) is 0.360. The van der Waals surface area contributed by atoms with Crippen LogP contribution in [0.2, 0.25) is 0 Å². The number of hydrogen-bond acceptors (Lipinski definition) is 4. The molecule has 0 radical (unpaired) electrons. The highest BCUT2D eigenvalue weighted by Crippen LogP contribution is 2.30. The monoisotopic (exact) mass is 474 g/mol. The first-order valence-electron chi connectivity index (χ1n) is 11.0. The van der Waals surface area contributed by atoms with E-state index in [1.807, 2.05) is 32.3 Å². The standard InChI is InChI=1S/C25H28F2N4O.ClH/c1-31(2)23-14-24(30-22-6-4-3-5-19(22)23)29-18-10-7-16(8-11-18)15-28-25(32)17-9-12-20(26)21(27)13-17;/h3-6,9,12-14,16,18H,7-8,10-11,15H2,1-2H3,(H,28,32)(H,29,30);1H/t16-,18+;. The van der Waals surface area contributed by atoms with Crippen molar-refractivity contribution in [1.29, 1.82) is 0 Å². The fourth-order valence-electron chi connectivity index (χ4n) is 4.30. The van der Waals surface area contributed by atoms with E-state index in [1.165, 1.54) is 6.07 Å². The van der Waals surface area contributed by atoms with Crippen LogP contribution >= 0.6 is 12.4 Å². The fourth-order valence-corrected chi connectivity index (χ4v) is 4.30. The van der Waals surface area contributed by atoms with Crippen molar-refractivity contribution >= 4 is 40.7 Å². The Balaban J connectivity index is 0.00000306.